The van der Waals surface area contributed by atoms with Crippen molar-refractivity contribution in [2.24, 2.45) is 5.92 Å². The maximum absolute atomic E-state index is 12.7. The summed E-state index contributed by atoms with van der Waals surface area (Å²) in [6.45, 7) is 0. The normalized spacial score (nSPS) is 22.8. The number of nitrogens with one attached hydrogen (secondary N) is 1. The van der Waals surface area contributed by atoms with Crippen LogP contribution in [0.15, 0.2) is 23.2 Å². The van der Waals surface area contributed by atoms with Gasteiger partial charge in [0, 0.05) is 19.3 Å². The largest absolute Gasteiger partial charge is 0.391 e. The average molecular weight is 351 g/mol. The molecule has 1 aliphatic carbocycles. The smallest absolute Gasteiger partial charge is 0.357 e. The monoisotopic (exact) mass is 351 g/mol. The van der Waals surface area contributed by atoms with Crippen molar-refractivity contribution in [3.63, 3.8) is 0 Å². The summed E-state index contributed by atoms with van der Waals surface area (Å²) in [6, 6.07) is 2.99. The zero-order valence-electron chi connectivity index (χ0n) is 13.0. The Kier molecular flexibility index (Phi) is 5.20. The molecule has 0 atom stereocenters. The molecule has 0 amide bonds. The van der Waals surface area contributed by atoms with Crippen LogP contribution in [0.4, 0.5) is 19.0 Å². The Balaban J connectivity index is 2.03. The van der Waals surface area contributed by atoms with Gasteiger partial charge in [-0.25, -0.2) is 18.1 Å². The first-order valence-corrected chi connectivity index (χ1v) is 8.82. The number of pyridine rings is 1. The second kappa shape index (κ2) is 6.64. The molecule has 1 N–H and O–H groups in total. The van der Waals surface area contributed by atoms with Gasteiger partial charge in [-0.1, -0.05) is 0 Å². The highest BCUT2D eigenvalue weighted by Crippen LogP contribution is 2.39. The number of halogens is 3. The quantitative estimate of drug-likeness (QED) is 0.906. The number of aromatic nitrogens is 1. The van der Waals surface area contributed by atoms with E-state index in [-0.39, 0.29) is 23.8 Å². The summed E-state index contributed by atoms with van der Waals surface area (Å²) in [6.07, 6.45) is -1.75. The molecule has 1 fully saturated rings. The predicted molar refractivity (Wildman–Crippen MR) is 80.7 cm³/mol. The van der Waals surface area contributed by atoms with Crippen LogP contribution in [0.25, 0.3) is 0 Å². The highest BCUT2D eigenvalue weighted by Gasteiger charge is 2.42. The van der Waals surface area contributed by atoms with Crippen molar-refractivity contribution < 1.29 is 21.6 Å². The van der Waals surface area contributed by atoms with Gasteiger partial charge in [-0.2, -0.15) is 13.2 Å². The topological polar surface area (TPSA) is 62.3 Å². The molecule has 1 saturated carbocycles. The number of alkyl halides is 3. The second-order valence-electron chi connectivity index (χ2n) is 5.72. The van der Waals surface area contributed by atoms with E-state index in [9.17, 15) is 21.6 Å². The number of nitrogens with zero attached hydrogens (tertiary/aromatic N) is 2. The molecular formula is C14H20F3N3O2S. The first-order chi connectivity index (χ1) is 10.6. The third-order valence-electron chi connectivity index (χ3n) is 4.37. The molecule has 0 aromatic carbocycles. The maximum Gasteiger partial charge on any atom is 0.391 e. The van der Waals surface area contributed by atoms with Crippen LogP contribution in [0.5, 0.6) is 0 Å². The van der Waals surface area contributed by atoms with Crippen LogP contribution in [-0.2, 0) is 10.0 Å². The zero-order valence-corrected chi connectivity index (χ0v) is 13.8. The molecule has 130 valence electrons. The molecule has 1 aromatic heterocycles. The molecule has 5 nitrogen and oxygen atoms in total. The summed E-state index contributed by atoms with van der Waals surface area (Å²) < 4.78 is 63.6. The molecule has 0 saturated heterocycles. The maximum atomic E-state index is 12.7. The van der Waals surface area contributed by atoms with Gasteiger partial charge in [-0.3, -0.25) is 0 Å². The Morgan fingerprint density at radius 3 is 2.26 bits per heavy atom. The molecule has 23 heavy (non-hydrogen) atoms. The van der Waals surface area contributed by atoms with Crippen LogP contribution in [0.2, 0.25) is 0 Å². The Hall–Kier alpha value is -1.35. The van der Waals surface area contributed by atoms with Gasteiger partial charge in [0.2, 0.25) is 10.0 Å². The van der Waals surface area contributed by atoms with Crippen LogP contribution in [-0.4, -0.2) is 39.7 Å². The van der Waals surface area contributed by atoms with Gasteiger partial charge in [0.1, 0.15) is 10.7 Å². The minimum Gasteiger partial charge on any atom is -0.357 e. The van der Waals surface area contributed by atoms with Crippen LogP contribution >= 0.6 is 0 Å². The number of rotatable bonds is 4. The third-order valence-corrected chi connectivity index (χ3v) is 5.77. The first-order valence-electron chi connectivity index (χ1n) is 7.34. The van der Waals surface area contributed by atoms with Crippen LogP contribution < -0.4 is 9.62 Å². The number of hydrogen-bond donors (Lipinski definition) is 1. The van der Waals surface area contributed by atoms with E-state index in [1.807, 2.05) is 4.90 Å². The van der Waals surface area contributed by atoms with Gasteiger partial charge in [-0.05, 0) is 44.9 Å². The first kappa shape index (κ1) is 18.0. The van der Waals surface area contributed by atoms with E-state index in [4.69, 9.17) is 0 Å². The Morgan fingerprint density at radius 1 is 1.22 bits per heavy atom. The summed E-state index contributed by atoms with van der Waals surface area (Å²) >= 11 is 0. The minimum absolute atomic E-state index is 0.0205. The summed E-state index contributed by atoms with van der Waals surface area (Å²) in [4.78, 5) is 6.00. The Bertz CT molecular complexity index is 624. The summed E-state index contributed by atoms with van der Waals surface area (Å²) in [5.74, 6) is -0.668. The van der Waals surface area contributed by atoms with E-state index < -0.39 is 22.1 Å². The molecule has 1 aromatic rings. The molecule has 9 heteroatoms. The molecule has 0 bridgehead atoms. The second-order valence-corrected chi connectivity index (χ2v) is 7.60. The van der Waals surface area contributed by atoms with Crippen molar-refractivity contribution in [3.05, 3.63) is 18.3 Å². The number of anilines is 1. The van der Waals surface area contributed by atoms with Gasteiger partial charge in [0.25, 0.3) is 0 Å². The summed E-state index contributed by atoms with van der Waals surface area (Å²) in [5, 5.41) is 0. The Morgan fingerprint density at radius 2 is 1.83 bits per heavy atom. The lowest BCUT2D eigenvalue weighted by molar-refractivity contribution is -0.182. The highest BCUT2D eigenvalue weighted by molar-refractivity contribution is 7.89. The minimum atomic E-state index is -4.12. The van der Waals surface area contributed by atoms with Crippen molar-refractivity contribution in [2.45, 2.75) is 42.8 Å². The van der Waals surface area contributed by atoms with Crippen molar-refractivity contribution in [3.8, 4) is 0 Å². The van der Waals surface area contributed by atoms with E-state index in [0.717, 1.165) is 0 Å². The number of sulfonamides is 1. The molecule has 2 rings (SSSR count). The van der Waals surface area contributed by atoms with Gasteiger partial charge < -0.3 is 4.90 Å². The lowest BCUT2D eigenvalue weighted by Crippen LogP contribution is -2.38. The molecule has 0 unspecified atom stereocenters. The standard InChI is InChI=1S/C14H20F3N3O2S/c1-18-23(21,22)12-7-8-13(19-9-12)20(2)11-5-3-10(4-6-11)14(15,16)17/h7-11,18H,3-6H2,1-2H3. The molecule has 0 radical (unpaired) electrons. The Labute approximate surface area is 133 Å². The zero-order chi connectivity index (χ0) is 17.3. The SMILES string of the molecule is CNS(=O)(=O)c1ccc(N(C)C2CCC(C(F)(F)F)CC2)nc1. The molecule has 0 aliphatic heterocycles. The fourth-order valence-electron chi connectivity index (χ4n) is 2.84. The summed E-state index contributed by atoms with van der Waals surface area (Å²) in [5.41, 5.74) is 0. The van der Waals surface area contributed by atoms with E-state index in [1.165, 1.54) is 19.3 Å². The summed E-state index contributed by atoms with van der Waals surface area (Å²) in [7, 11) is -0.460. The van der Waals surface area contributed by atoms with Gasteiger partial charge in [-0.15, -0.1) is 0 Å². The van der Waals surface area contributed by atoms with Crippen LogP contribution in [0.1, 0.15) is 25.7 Å². The molecule has 0 spiro atoms. The fourth-order valence-corrected chi connectivity index (χ4v) is 3.51. The van der Waals surface area contributed by atoms with Crippen molar-refractivity contribution >= 4 is 15.8 Å². The van der Waals surface area contributed by atoms with E-state index in [0.29, 0.717) is 18.7 Å². The van der Waals surface area contributed by atoms with Crippen LogP contribution in [0.3, 0.4) is 0 Å². The van der Waals surface area contributed by atoms with E-state index in [1.54, 1.807) is 13.1 Å². The van der Waals surface area contributed by atoms with E-state index in [2.05, 4.69) is 9.71 Å². The van der Waals surface area contributed by atoms with Crippen molar-refractivity contribution in [1.29, 1.82) is 0 Å². The molecule has 1 aliphatic rings. The highest BCUT2D eigenvalue weighted by atomic mass is 32.2. The fraction of sp³-hybridized carbons (Fsp3) is 0.643. The molecular weight excluding hydrogens is 331 g/mol. The van der Waals surface area contributed by atoms with Gasteiger partial charge in [0.05, 0.1) is 5.92 Å². The van der Waals surface area contributed by atoms with Crippen LogP contribution in [0, 0.1) is 5.92 Å². The lowest BCUT2D eigenvalue weighted by Gasteiger charge is -2.35. The average Bonchev–Trinajstić information content (AvgIpc) is 2.53. The van der Waals surface area contributed by atoms with Crippen molar-refractivity contribution in [1.82, 2.24) is 9.71 Å². The van der Waals surface area contributed by atoms with Crippen molar-refractivity contribution in [2.75, 3.05) is 19.0 Å². The molecule has 1 heterocycles. The number of hydrogen-bond acceptors (Lipinski definition) is 4. The van der Waals surface area contributed by atoms with E-state index >= 15 is 0 Å². The van der Waals surface area contributed by atoms with Gasteiger partial charge in [0.15, 0.2) is 0 Å². The third kappa shape index (κ3) is 4.14. The lowest BCUT2D eigenvalue weighted by atomic mass is 9.85. The van der Waals surface area contributed by atoms with Gasteiger partial charge >= 0.3 is 6.18 Å². The predicted octanol–water partition coefficient (Wildman–Crippen LogP) is 2.55.